The van der Waals surface area contributed by atoms with Crippen LogP contribution in [0, 0.1) is 0 Å². The summed E-state index contributed by atoms with van der Waals surface area (Å²) in [6, 6.07) is 1.45. The summed E-state index contributed by atoms with van der Waals surface area (Å²) in [4.78, 5) is 12.9. The number of ether oxygens (including phenoxy) is 1. The van der Waals surface area contributed by atoms with E-state index in [9.17, 15) is 4.79 Å². The molecule has 0 fully saturated rings. The molecule has 0 bridgehead atoms. The first-order chi connectivity index (χ1) is 5.24. The number of aromatic carboxylic acids is 1. The summed E-state index contributed by atoms with van der Waals surface area (Å²) < 4.78 is 5.04. The van der Waals surface area contributed by atoms with Gasteiger partial charge in [-0.05, 0) is 6.92 Å². The third-order valence-corrected chi connectivity index (χ3v) is 1.20. The van der Waals surface area contributed by atoms with Gasteiger partial charge in [0.2, 0.25) is 0 Å². The Balaban J connectivity index is 2.73. The van der Waals surface area contributed by atoms with Crippen molar-refractivity contribution in [1.29, 1.82) is 0 Å². The number of carbonyl (C=O) groups is 1. The molecule has 2 N–H and O–H groups in total. The number of carboxylic acid groups (broad SMARTS) is 1. The Morgan fingerprint density at radius 2 is 2.55 bits per heavy atom. The van der Waals surface area contributed by atoms with Gasteiger partial charge in [0.15, 0.2) is 0 Å². The molecule has 11 heavy (non-hydrogen) atoms. The molecule has 1 heterocycles. The lowest BCUT2D eigenvalue weighted by molar-refractivity contribution is 0.0691. The van der Waals surface area contributed by atoms with E-state index in [4.69, 9.17) is 9.84 Å². The summed E-state index contributed by atoms with van der Waals surface area (Å²) in [5.74, 6) is -0.416. The van der Waals surface area contributed by atoms with Crippen LogP contribution in [-0.2, 0) is 0 Å². The van der Waals surface area contributed by atoms with Crippen LogP contribution in [0.3, 0.4) is 0 Å². The second-order valence-corrected chi connectivity index (χ2v) is 1.99. The monoisotopic (exact) mass is 155 g/mol. The molecule has 0 unspecified atom stereocenters. The summed E-state index contributed by atoms with van der Waals surface area (Å²) in [7, 11) is 0. The van der Waals surface area contributed by atoms with Gasteiger partial charge in [-0.2, -0.15) is 0 Å². The SMILES string of the molecule is CCOc1c[nH]c(C(=O)O)c1. The van der Waals surface area contributed by atoms with E-state index in [-0.39, 0.29) is 5.69 Å². The van der Waals surface area contributed by atoms with E-state index in [0.717, 1.165) is 0 Å². The van der Waals surface area contributed by atoms with Crippen molar-refractivity contribution in [1.82, 2.24) is 4.98 Å². The Labute approximate surface area is 63.8 Å². The van der Waals surface area contributed by atoms with Crippen LogP contribution in [0.15, 0.2) is 12.3 Å². The maximum Gasteiger partial charge on any atom is 0.352 e. The number of nitrogens with one attached hydrogen (secondary N) is 1. The molecule has 1 aromatic rings. The highest BCUT2D eigenvalue weighted by molar-refractivity contribution is 5.85. The third-order valence-electron chi connectivity index (χ3n) is 1.20. The van der Waals surface area contributed by atoms with Gasteiger partial charge in [-0.15, -0.1) is 0 Å². The van der Waals surface area contributed by atoms with Crippen molar-refractivity contribution in [3.63, 3.8) is 0 Å². The zero-order valence-corrected chi connectivity index (χ0v) is 6.13. The van der Waals surface area contributed by atoms with Gasteiger partial charge in [-0.25, -0.2) is 4.79 Å². The lowest BCUT2D eigenvalue weighted by atomic mass is 10.4. The molecule has 60 valence electrons. The van der Waals surface area contributed by atoms with Crippen molar-refractivity contribution >= 4 is 5.97 Å². The molecule has 4 heteroatoms. The Morgan fingerprint density at radius 1 is 1.82 bits per heavy atom. The molecule has 0 aliphatic heterocycles. The fraction of sp³-hybridized carbons (Fsp3) is 0.286. The molecule has 1 aromatic heterocycles. The fourth-order valence-corrected chi connectivity index (χ4v) is 0.748. The number of aromatic nitrogens is 1. The Morgan fingerprint density at radius 3 is 3.00 bits per heavy atom. The van der Waals surface area contributed by atoms with E-state index in [2.05, 4.69) is 4.98 Å². The average molecular weight is 155 g/mol. The molecule has 4 nitrogen and oxygen atoms in total. The van der Waals surface area contributed by atoms with Gasteiger partial charge in [0.05, 0.1) is 6.61 Å². The highest BCUT2D eigenvalue weighted by Gasteiger charge is 2.05. The van der Waals surface area contributed by atoms with Crippen molar-refractivity contribution in [2.75, 3.05) is 6.61 Å². The molecule has 0 radical (unpaired) electrons. The summed E-state index contributed by atoms with van der Waals surface area (Å²) in [6.45, 7) is 2.38. The predicted molar refractivity (Wildman–Crippen MR) is 38.9 cm³/mol. The molecule has 1 rings (SSSR count). The summed E-state index contributed by atoms with van der Waals surface area (Å²) >= 11 is 0. The number of hydrogen-bond donors (Lipinski definition) is 2. The van der Waals surface area contributed by atoms with Crippen LogP contribution in [0.2, 0.25) is 0 Å². The van der Waals surface area contributed by atoms with Gasteiger partial charge in [-0.1, -0.05) is 0 Å². The molecule has 0 aliphatic rings. The number of aromatic amines is 1. The lowest BCUT2D eigenvalue weighted by Crippen LogP contribution is -1.94. The minimum absolute atomic E-state index is 0.147. The number of H-pyrrole nitrogens is 1. The van der Waals surface area contributed by atoms with Gasteiger partial charge in [-0.3, -0.25) is 0 Å². The van der Waals surface area contributed by atoms with Crippen LogP contribution in [0.5, 0.6) is 5.75 Å². The van der Waals surface area contributed by atoms with Crippen LogP contribution in [0.1, 0.15) is 17.4 Å². The topological polar surface area (TPSA) is 62.3 Å². The van der Waals surface area contributed by atoms with Gasteiger partial charge in [0.1, 0.15) is 11.4 Å². The zero-order valence-electron chi connectivity index (χ0n) is 6.13. The standard InChI is InChI=1S/C7H9NO3/c1-2-11-5-3-6(7(9)10)8-4-5/h3-4,8H,2H2,1H3,(H,9,10). The van der Waals surface area contributed by atoms with Gasteiger partial charge in [0.25, 0.3) is 0 Å². The molecule has 0 saturated carbocycles. The number of rotatable bonds is 3. The second kappa shape index (κ2) is 3.09. The molecular formula is C7H9NO3. The van der Waals surface area contributed by atoms with E-state index < -0.39 is 5.97 Å². The molecule has 0 aliphatic carbocycles. The number of carboxylic acids is 1. The average Bonchev–Trinajstić information content (AvgIpc) is 2.37. The van der Waals surface area contributed by atoms with E-state index >= 15 is 0 Å². The highest BCUT2D eigenvalue weighted by Crippen LogP contribution is 2.11. The van der Waals surface area contributed by atoms with Gasteiger partial charge < -0.3 is 14.8 Å². The first kappa shape index (κ1) is 7.65. The van der Waals surface area contributed by atoms with Crippen LogP contribution < -0.4 is 4.74 Å². The van der Waals surface area contributed by atoms with Crippen molar-refractivity contribution in [3.8, 4) is 5.75 Å². The van der Waals surface area contributed by atoms with Crippen molar-refractivity contribution < 1.29 is 14.6 Å². The van der Waals surface area contributed by atoms with E-state index in [1.165, 1.54) is 12.3 Å². The molecule has 0 amide bonds. The zero-order chi connectivity index (χ0) is 8.27. The molecule has 0 spiro atoms. The first-order valence-electron chi connectivity index (χ1n) is 3.28. The summed E-state index contributed by atoms with van der Waals surface area (Å²) in [5, 5.41) is 8.48. The Hall–Kier alpha value is -1.45. The van der Waals surface area contributed by atoms with Crippen molar-refractivity contribution in [2.24, 2.45) is 0 Å². The molecule has 0 atom stereocenters. The summed E-state index contributed by atoms with van der Waals surface area (Å²) in [6.07, 6.45) is 1.52. The van der Waals surface area contributed by atoms with E-state index in [1.54, 1.807) is 0 Å². The maximum atomic E-state index is 10.3. The first-order valence-corrected chi connectivity index (χ1v) is 3.28. The number of hydrogen-bond acceptors (Lipinski definition) is 2. The van der Waals surface area contributed by atoms with Gasteiger partial charge in [0, 0.05) is 12.3 Å². The summed E-state index contributed by atoms with van der Waals surface area (Å²) in [5.41, 5.74) is 0.147. The van der Waals surface area contributed by atoms with Crippen molar-refractivity contribution in [2.45, 2.75) is 6.92 Å². The Kier molecular flexibility index (Phi) is 2.15. The second-order valence-electron chi connectivity index (χ2n) is 1.99. The van der Waals surface area contributed by atoms with Crippen LogP contribution in [0.4, 0.5) is 0 Å². The largest absolute Gasteiger partial charge is 0.492 e. The highest BCUT2D eigenvalue weighted by atomic mass is 16.5. The Bertz CT molecular complexity index is 254. The normalized spacial score (nSPS) is 9.55. The van der Waals surface area contributed by atoms with Crippen LogP contribution >= 0.6 is 0 Å². The molecule has 0 aromatic carbocycles. The fourth-order valence-electron chi connectivity index (χ4n) is 0.748. The molecular weight excluding hydrogens is 146 g/mol. The van der Waals surface area contributed by atoms with E-state index in [1.807, 2.05) is 6.92 Å². The maximum absolute atomic E-state index is 10.3. The lowest BCUT2D eigenvalue weighted by Gasteiger charge is -1.94. The minimum Gasteiger partial charge on any atom is -0.492 e. The van der Waals surface area contributed by atoms with Crippen LogP contribution in [-0.4, -0.2) is 22.7 Å². The minimum atomic E-state index is -0.976. The van der Waals surface area contributed by atoms with E-state index in [0.29, 0.717) is 12.4 Å². The molecule has 0 saturated heterocycles. The van der Waals surface area contributed by atoms with Crippen molar-refractivity contribution in [3.05, 3.63) is 18.0 Å². The predicted octanol–water partition coefficient (Wildman–Crippen LogP) is 1.11. The van der Waals surface area contributed by atoms with Crippen LogP contribution in [0.25, 0.3) is 0 Å². The smallest absolute Gasteiger partial charge is 0.352 e. The van der Waals surface area contributed by atoms with Gasteiger partial charge >= 0.3 is 5.97 Å². The quantitative estimate of drug-likeness (QED) is 0.687. The third kappa shape index (κ3) is 1.73.